The van der Waals surface area contributed by atoms with Gasteiger partial charge < -0.3 is 14.8 Å². The Morgan fingerprint density at radius 1 is 1.13 bits per heavy atom. The summed E-state index contributed by atoms with van der Waals surface area (Å²) in [5.74, 6) is -0.470. The molecule has 0 unspecified atom stereocenters. The highest BCUT2D eigenvalue weighted by Crippen LogP contribution is 2.39. The lowest BCUT2D eigenvalue weighted by atomic mass is 9.85. The third-order valence-electron chi connectivity index (χ3n) is 5.22. The van der Waals surface area contributed by atoms with Crippen LogP contribution < -0.4 is 14.8 Å². The summed E-state index contributed by atoms with van der Waals surface area (Å²) in [7, 11) is 0. The second-order valence-corrected chi connectivity index (χ2v) is 8.40. The summed E-state index contributed by atoms with van der Waals surface area (Å²) in [6, 6.07) is 8.26. The normalized spacial score (nSPS) is 21.2. The summed E-state index contributed by atoms with van der Waals surface area (Å²) in [6.45, 7) is 0.971. The van der Waals surface area contributed by atoms with Gasteiger partial charge in [0.05, 0.1) is 11.5 Å². The summed E-state index contributed by atoms with van der Waals surface area (Å²) < 4.78 is 50.3. The predicted molar refractivity (Wildman–Crippen MR) is 105 cm³/mol. The van der Waals surface area contributed by atoms with Crippen LogP contribution in [0.5, 0.6) is 11.5 Å². The number of pyridine rings is 1. The first-order valence-corrected chi connectivity index (χ1v) is 10.6. The molecule has 1 N–H and O–H groups in total. The number of hydrogen-bond acceptors (Lipinski definition) is 5. The van der Waals surface area contributed by atoms with Gasteiger partial charge in [-0.2, -0.15) is 13.2 Å². The van der Waals surface area contributed by atoms with Crippen molar-refractivity contribution in [3.8, 4) is 11.5 Å². The molecule has 5 nitrogen and oxygen atoms in total. The molecule has 2 aliphatic rings. The van der Waals surface area contributed by atoms with Gasteiger partial charge in [0.25, 0.3) is 5.91 Å². The molecule has 4 rings (SSSR count). The summed E-state index contributed by atoms with van der Waals surface area (Å²) in [5.41, 5.74) is 0.339. The molecular weight excluding hydrogens is 417 g/mol. The fourth-order valence-corrected chi connectivity index (χ4v) is 4.63. The van der Waals surface area contributed by atoms with Crippen LogP contribution in [0.2, 0.25) is 0 Å². The SMILES string of the molecule is O=C(N[C@H]1CCC[C@@H](C(F)(F)F)C1)c1cccnc1Sc1ccc2c(c1)OCCO2. The molecule has 160 valence electrons. The number of fused-ring (bicyclic) bond motifs is 1. The lowest BCUT2D eigenvalue weighted by Crippen LogP contribution is -2.41. The Morgan fingerprint density at radius 2 is 1.93 bits per heavy atom. The van der Waals surface area contributed by atoms with E-state index in [0.29, 0.717) is 48.1 Å². The molecule has 1 amide bonds. The molecule has 1 aromatic carbocycles. The van der Waals surface area contributed by atoms with Crippen molar-refractivity contribution in [2.45, 2.75) is 47.8 Å². The fraction of sp³-hybridized carbons (Fsp3) is 0.429. The smallest absolute Gasteiger partial charge is 0.391 e. The second-order valence-electron chi connectivity index (χ2n) is 7.34. The minimum absolute atomic E-state index is 0.0832. The molecule has 1 fully saturated rings. The maximum absolute atomic E-state index is 13.1. The van der Waals surface area contributed by atoms with Crippen LogP contribution in [-0.2, 0) is 0 Å². The van der Waals surface area contributed by atoms with Crippen molar-refractivity contribution in [3.63, 3.8) is 0 Å². The Kier molecular flexibility index (Phi) is 6.08. The number of nitrogens with one attached hydrogen (secondary N) is 1. The average molecular weight is 438 g/mol. The van der Waals surface area contributed by atoms with Crippen LogP contribution >= 0.6 is 11.8 Å². The highest BCUT2D eigenvalue weighted by Gasteiger charge is 2.42. The van der Waals surface area contributed by atoms with E-state index < -0.39 is 24.0 Å². The Morgan fingerprint density at radius 3 is 2.73 bits per heavy atom. The van der Waals surface area contributed by atoms with Gasteiger partial charge in [-0.05, 0) is 49.6 Å². The first-order valence-electron chi connectivity index (χ1n) is 9.80. The lowest BCUT2D eigenvalue weighted by Gasteiger charge is -2.31. The molecule has 1 aromatic heterocycles. The van der Waals surface area contributed by atoms with E-state index in [2.05, 4.69) is 10.3 Å². The predicted octanol–water partition coefficient (Wildman–Crippen LogP) is 4.85. The maximum atomic E-state index is 13.1. The standard InChI is InChI=1S/C21H21F3N2O3S/c22-21(23,24)13-3-1-4-14(11-13)26-19(27)16-5-2-8-25-20(16)30-15-6-7-17-18(12-15)29-10-9-28-17/h2,5-8,12-14H,1,3-4,9-11H2,(H,26,27)/t13-,14+/m1/s1. The van der Waals surface area contributed by atoms with E-state index in [9.17, 15) is 18.0 Å². The first kappa shape index (κ1) is 20.8. The van der Waals surface area contributed by atoms with E-state index in [-0.39, 0.29) is 12.8 Å². The number of carbonyl (C=O) groups is 1. The molecule has 0 bridgehead atoms. The lowest BCUT2D eigenvalue weighted by molar-refractivity contribution is -0.183. The minimum atomic E-state index is -4.23. The van der Waals surface area contributed by atoms with Crippen molar-refractivity contribution in [2.24, 2.45) is 5.92 Å². The van der Waals surface area contributed by atoms with E-state index in [1.807, 2.05) is 12.1 Å². The molecule has 9 heteroatoms. The monoisotopic (exact) mass is 438 g/mol. The van der Waals surface area contributed by atoms with Gasteiger partial charge in [0, 0.05) is 17.1 Å². The number of ether oxygens (including phenoxy) is 2. The number of hydrogen-bond donors (Lipinski definition) is 1. The van der Waals surface area contributed by atoms with E-state index in [1.165, 1.54) is 11.8 Å². The van der Waals surface area contributed by atoms with Crippen LogP contribution in [-0.4, -0.2) is 36.3 Å². The molecule has 0 saturated heterocycles. The van der Waals surface area contributed by atoms with E-state index in [0.717, 1.165) is 4.90 Å². The van der Waals surface area contributed by atoms with Crippen molar-refractivity contribution < 1.29 is 27.4 Å². The Labute approximate surface area is 176 Å². The molecule has 30 heavy (non-hydrogen) atoms. The summed E-state index contributed by atoms with van der Waals surface area (Å²) in [5, 5.41) is 3.26. The van der Waals surface area contributed by atoms with E-state index in [1.54, 1.807) is 24.4 Å². The number of alkyl halides is 3. The van der Waals surface area contributed by atoms with Gasteiger partial charge in [-0.3, -0.25) is 4.79 Å². The molecule has 1 aliphatic carbocycles. The Hall–Kier alpha value is -2.42. The second kappa shape index (κ2) is 8.75. The molecule has 0 spiro atoms. The van der Waals surface area contributed by atoms with Crippen LogP contribution in [0, 0.1) is 5.92 Å². The third kappa shape index (κ3) is 4.83. The average Bonchev–Trinajstić information content (AvgIpc) is 2.73. The van der Waals surface area contributed by atoms with Gasteiger partial charge in [-0.1, -0.05) is 18.2 Å². The van der Waals surface area contributed by atoms with Crippen LogP contribution in [0.15, 0.2) is 46.5 Å². The summed E-state index contributed by atoms with van der Waals surface area (Å²) >= 11 is 1.29. The van der Waals surface area contributed by atoms with Gasteiger partial charge in [-0.15, -0.1) is 0 Å². The molecule has 1 aliphatic heterocycles. The number of nitrogens with zero attached hydrogens (tertiary/aromatic N) is 1. The van der Waals surface area contributed by atoms with Gasteiger partial charge in [0.1, 0.15) is 18.2 Å². The summed E-state index contributed by atoms with van der Waals surface area (Å²) in [4.78, 5) is 17.9. The van der Waals surface area contributed by atoms with Crippen LogP contribution in [0.25, 0.3) is 0 Å². The largest absolute Gasteiger partial charge is 0.486 e. The number of amides is 1. The summed E-state index contributed by atoms with van der Waals surface area (Å²) in [6.07, 6.45) is -1.62. The van der Waals surface area contributed by atoms with Crippen molar-refractivity contribution >= 4 is 17.7 Å². The number of benzene rings is 1. The molecular formula is C21H21F3N2O3S. The van der Waals surface area contributed by atoms with Gasteiger partial charge in [0.15, 0.2) is 11.5 Å². The molecule has 1 saturated carbocycles. The molecule has 2 atom stereocenters. The molecule has 2 aromatic rings. The third-order valence-corrected chi connectivity index (χ3v) is 6.22. The first-order chi connectivity index (χ1) is 14.4. The minimum Gasteiger partial charge on any atom is -0.486 e. The zero-order valence-corrected chi connectivity index (χ0v) is 16.9. The van der Waals surface area contributed by atoms with Crippen LogP contribution in [0.3, 0.4) is 0 Å². The van der Waals surface area contributed by atoms with Crippen LogP contribution in [0.4, 0.5) is 13.2 Å². The molecule has 2 heterocycles. The van der Waals surface area contributed by atoms with Gasteiger partial charge >= 0.3 is 6.18 Å². The van der Waals surface area contributed by atoms with Crippen molar-refractivity contribution in [1.82, 2.24) is 10.3 Å². The number of aromatic nitrogens is 1. The zero-order valence-electron chi connectivity index (χ0n) is 16.1. The highest BCUT2D eigenvalue weighted by molar-refractivity contribution is 7.99. The van der Waals surface area contributed by atoms with Gasteiger partial charge in [0.2, 0.25) is 0 Å². The number of rotatable bonds is 4. The molecule has 0 radical (unpaired) electrons. The van der Waals surface area contributed by atoms with Crippen molar-refractivity contribution in [1.29, 1.82) is 0 Å². The Balaban J connectivity index is 1.47. The number of carbonyl (C=O) groups excluding carboxylic acids is 1. The van der Waals surface area contributed by atoms with E-state index >= 15 is 0 Å². The Bertz CT molecular complexity index is 923. The highest BCUT2D eigenvalue weighted by atomic mass is 32.2. The zero-order chi connectivity index (χ0) is 21.1. The number of halogens is 3. The quantitative estimate of drug-likeness (QED) is 0.739. The van der Waals surface area contributed by atoms with Crippen molar-refractivity contribution in [2.75, 3.05) is 13.2 Å². The maximum Gasteiger partial charge on any atom is 0.391 e. The fourth-order valence-electron chi connectivity index (χ4n) is 3.73. The van der Waals surface area contributed by atoms with Gasteiger partial charge in [-0.25, -0.2) is 4.98 Å². The van der Waals surface area contributed by atoms with Crippen LogP contribution in [0.1, 0.15) is 36.0 Å². The van der Waals surface area contributed by atoms with E-state index in [4.69, 9.17) is 9.47 Å². The topological polar surface area (TPSA) is 60.5 Å². The van der Waals surface area contributed by atoms with Crippen molar-refractivity contribution in [3.05, 3.63) is 42.1 Å².